The van der Waals surface area contributed by atoms with Crippen LogP contribution >= 0.6 is 0 Å². The molecule has 2 unspecified atom stereocenters. The van der Waals surface area contributed by atoms with Crippen molar-refractivity contribution in [1.29, 1.82) is 0 Å². The highest BCUT2D eigenvalue weighted by molar-refractivity contribution is 7.92. The molecule has 2 aromatic rings. The number of carboxylic acid groups (broad SMARTS) is 1. The Hall–Kier alpha value is -2.91. The third-order valence-corrected chi connectivity index (χ3v) is 6.49. The van der Waals surface area contributed by atoms with Gasteiger partial charge in [-0.05, 0) is 43.3 Å². The number of aliphatic hydroxyl groups excluding tert-OH is 1. The van der Waals surface area contributed by atoms with E-state index in [1.54, 1.807) is 30.3 Å². The number of aliphatic hydroxyl groups is 1. The first kappa shape index (κ1) is 20.8. The van der Waals surface area contributed by atoms with Crippen molar-refractivity contribution in [2.75, 3.05) is 22.3 Å². The van der Waals surface area contributed by atoms with Gasteiger partial charge in [0.1, 0.15) is 0 Å². The molecule has 0 bridgehead atoms. The molecule has 0 spiro atoms. The Balaban J connectivity index is 1.89. The van der Waals surface area contributed by atoms with Gasteiger partial charge in [-0.15, -0.1) is 0 Å². The van der Waals surface area contributed by atoms with Crippen LogP contribution < -0.4 is 9.21 Å². The summed E-state index contributed by atoms with van der Waals surface area (Å²) in [6.07, 6.45) is -0.953. The zero-order chi connectivity index (χ0) is 21.2. The predicted octanol–water partition coefficient (Wildman–Crippen LogP) is 1.70. The molecule has 3 rings (SSSR count). The molecule has 2 aromatic carbocycles. The van der Waals surface area contributed by atoms with Crippen molar-refractivity contribution in [3.05, 3.63) is 54.6 Å². The first-order valence-corrected chi connectivity index (χ1v) is 10.5. The average Bonchev–Trinajstić information content (AvgIpc) is 3.09. The van der Waals surface area contributed by atoms with E-state index >= 15 is 0 Å². The number of carbonyl (C=O) groups excluding carboxylic acids is 1. The van der Waals surface area contributed by atoms with Crippen LogP contribution in [0, 0.1) is 5.92 Å². The third kappa shape index (κ3) is 4.41. The second-order valence-corrected chi connectivity index (χ2v) is 8.82. The largest absolute Gasteiger partial charge is 0.481 e. The van der Waals surface area contributed by atoms with Gasteiger partial charge >= 0.3 is 5.97 Å². The summed E-state index contributed by atoms with van der Waals surface area (Å²) in [5.74, 6) is -2.12. The topological polar surface area (TPSA) is 115 Å². The van der Waals surface area contributed by atoms with Gasteiger partial charge in [0.05, 0.1) is 29.1 Å². The van der Waals surface area contributed by atoms with E-state index in [2.05, 4.69) is 0 Å². The minimum atomic E-state index is -3.95. The lowest BCUT2D eigenvalue weighted by atomic mass is 10.1. The van der Waals surface area contributed by atoms with E-state index in [-0.39, 0.29) is 30.3 Å². The van der Waals surface area contributed by atoms with Crippen LogP contribution in [0.4, 0.5) is 11.4 Å². The fraction of sp³-hybridized carbons (Fsp3) is 0.300. The number of aliphatic carboxylic acids is 1. The molecular formula is C20H22N2O6S. The van der Waals surface area contributed by atoms with Gasteiger partial charge in [0.25, 0.3) is 10.0 Å². The maximum Gasteiger partial charge on any atom is 0.308 e. The Kier molecular flexibility index (Phi) is 5.90. The number of para-hydroxylation sites is 1. The molecule has 0 aromatic heterocycles. The minimum absolute atomic E-state index is 0.00665. The number of rotatable bonds is 7. The van der Waals surface area contributed by atoms with Gasteiger partial charge in [-0.25, -0.2) is 8.42 Å². The SMILES string of the molecule is CC(O)CN(c1ccccc1)S(=O)(=O)c1ccc(N2CC(C(=O)O)CC2=O)cc1. The maximum atomic E-state index is 13.2. The maximum absolute atomic E-state index is 13.2. The Morgan fingerprint density at radius 3 is 2.31 bits per heavy atom. The summed E-state index contributed by atoms with van der Waals surface area (Å²) < 4.78 is 27.5. The number of hydrogen-bond acceptors (Lipinski definition) is 5. The Morgan fingerprint density at radius 2 is 1.79 bits per heavy atom. The van der Waals surface area contributed by atoms with Crippen molar-refractivity contribution in [2.24, 2.45) is 5.92 Å². The highest BCUT2D eigenvalue weighted by Gasteiger charge is 2.35. The number of hydrogen-bond donors (Lipinski definition) is 2. The summed E-state index contributed by atoms with van der Waals surface area (Å²) in [5.41, 5.74) is 0.871. The van der Waals surface area contributed by atoms with Crippen molar-refractivity contribution < 1.29 is 28.2 Å². The zero-order valence-corrected chi connectivity index (χ0v) is 16.6. The molecule has 1 fully saturated rings. The van der Waals surface area contributed by atoms with Crippen LogP contribution in [0.25, 0.3) is 0 Å². The molecule has 29 heavy (non-hydrogen) atoms. The van der Waals surface area contributed by atoms with Crippen molar-refractivity contribution in [1.82, 2.24) is 0 Å². The van der Waals surface area contributed by atoms with Gasteiger partial charge in [0, 0.05) is 18.7 Å². The first-order chi connectivity index (χ1) is 13.7. The van der Waals surface area contributed by atoms with Gasteiger partial charge in [0.2, 0.25) is 5.91 Å². The van der Waals surface area contributed by atoms with Crippen LogP contribution in [0.3, 0.4) is 0 Å². The van der Waals surface area contributed by atoms with Gasteiger partial charge in [-0.1, -0.05) is 18.2 Å². The van der Waals surface area contributed by atoms with E-state index in [0.717, 1.165) is 4.31 Å². The second-order valence-electron chi connectivity index (χ2n) is 6.96. The smallest absolute Gasteiger partial charge is 0.308 e. The Bertz CT molecular complexity index is 989. The summed E-state index contributed by atoms with van der Waals surface area (Å²) in [6, 6.07) is 14.2. The number of carbonyl (C=O) groups is 2. The molecule has 1 saturated heterocycles. The monoisotopic (exact) mass is 418 g/mol. The van der Waals surface area contributed by atoms with Crippen LogP contribution in [0.5, 0.6) is 0 Å². The highest BCUT2D eigenvalue weighted by atomic mass is 32.2. The lowest BCUT2D eigenvalue weighted by Crippen LogP contribution is -2.36. The predicted molar refractivity (Wildman–Crippen MR) is 107 cm³/mol. The fourth-order valence-electron chi connectivity index (χ4n) is 3.22. The van der Waals surface area contributed by atoms with Crippen molar-refractivity contribution in [3.8, 4) is 0 Å². The summed E-state index contributed by atoms with van der Waals surface area (Å²) in [6.45, 7) is 1.45. The first-order valence-electron chi connectivity index (χ1n) is 9.09. The van der Waals surface area contributed by atoms with E-state index in [9.17, 15) is 23.1 Å². The normalized spacial score (nSPS) is 17.9. The summed E-state index contributed by atoms with van der Waals surface area (Å²) in [7, 11) is -3.95. The van der Waals surface area contributed by atoms with Crippen molar-refractivity contribution >= 4 is 33.3 Å². The van der Waals surface area contributed by atoms with Gasteiger partial charge in [-0.3, -0.25) is 13.9 Å². The summed E-state index contributed by atoms with van der Waals surface area (Å²) in [4.78, 5) is 24.6. The van der Waals surface area contributed by atoms with Crippen molar-refractivity contribution in [3.63, 3.8) is 0 Å². The second kappa shape index (κ2) is 8.22. The number of anilines is 2. The quantitative estimate of drug-likeness (QED) is 0.707. The van der Waals surface area contributed by atoms with E-state index in [1.807, 2.05) is 0 Å². The molecule has 154 valence electrons. The lowest BCUT2D eigenvalue weighted by molar-refractivity contribution is -0.141. The molecule has 1 amide bonds. The molecule has 2 atom stereocenters. The fourth-order valence-corrected chi connectivity index (χ4v) is 4.77. The highest BCUT2D eigenvalue weighted by Crippen LogP contribution is 2.28. The van der Waals surface area contributed by atoms with E-state index in [1.165, 1.54) is 36.1 Å². The molecule has 1 aliphatic rings. The average molecular weight is 418 g/mol. The number of sulfonamides is 1. The van der Waals surface area contributed by atoms with Crippen LogP contribution in [-0.4, -0.2) is 49.7 Å². The van der Waals surface area contributed by atoms with Crippen LogP contribution in [0.15, 0.2) is 59.5 Å². The molecule has 9 heteroatoms. The zero-order valence-electron chi connectivity index (χ0n) is 15.8. The van der Waals surface area contributed by atoms with Crippen LogP contribution in [-0.2, 0) is 19.6 Å². The molecular weight excluding hydrogens is 396 g/mol. The molecule has 0 aliphatic carbocycles. The Morgan fingerprint density at radius 1 is 1.17 bits per heavy atom. The van der Waals surface area contributed by atoms with Crippen LogP contribution in [0.2, 0.25) is 0 Å². The lowest BCUT2D eigenvalue weighted by Gasteiger charge is -2.26. The summed E-state index contributed by atoms with van der Waals surface area (Å²) in [5, 5.41) is 18.9. The number of amides is 1. The molecule has 1 heterocycles. The molecule has 2 N–H and O–H groups in total. The third-order valence-electron chi connectivity index (χ3n) is 4.68. The molecule has 0 radical (unpaired) electrons. The summed E-state index contributed by atoms with van der Waals surface area (Å²) >= 11 is 0. The minimum Gasteiger partial charge on any atom is -0.481 e. The van der Waals surface area contributed by atoms with Gasteiger partial charge < -0.3 is 15.1 Å². The van der Waals surface area contributed by atoms with Crippen molar-refractivity contribution in [2.45, 2.75) is 24.3 Å². The van der Waals surface area contributed by atoms with Crippen LogP contribution in [0.1, 0.15) is 13.3 Å². The Labute approximate surface area is 169 Å². The van der Waals surface area contributed by atoms with Gasteiger partial charge in [-0.2, -0.15) is 0 Å². The number of benzene rings is 2. The van der Waals surface area contributed by atoms with E-state index in [0.29, 0.717) is 11.4 Å². The molecule has 0 saturated carbocycles. The van der Waals surface area contributed by atoms with E-state index < -0.39 is 28.0 Å². The van der Waals surface area contributed by atoms with E-state index in [4.69, 9.17) is 5.11 Å². The number of carboxylic acids is 1. The number of nitrogens with zero attached hydrogens (tertiary/aromatic N) is 2. The van der Waals surface area contributed by atoms with Gasteiger partial charge in [0.15, 0.2) is 0 Å². The molecule has 8 nitrogen and oxygen atoms in total. The standard InChI is InChI=1S/C20H22N2O6S/c1-14(23)12-22(17-5-3-2-4-6-17)29(27,28)18-9-7-16(8-10-18)21-13-15(20(25)26)11-19(21)24/h2-10,14-15,23H,11-13H2,1H3,(H,25,26). The molecule has 1 aliphatic heterocycles.